The van der Waals surface area contributed by atoms with E-state index < -0.39 is 17.5 Å². The molecular formula is C11H15ClF2N2O. The van der Waals surface area contributed by atoms with Gasteiger partial charge in [-0.05, 0) is 30.7 Å². The summed E-state index contributed by atoms with van der Waals surface area (Å²) in [5, 5.41) is 2.59. The molecule has 0 saturated heterocycles. The maximum Gasteiger partial charge on any atom is 0.251 e. The summed E-state index contributed by atoms with van der Waals surface area (Å²) in [7, 11) is 0. The average Bonchev–Trinajstić information content (AvgIpc) is 2.29. The van der Waals surface area contributed by atoms with Crippen LogP contribution >= 0.6 is 12.4 Å². The van der Waals surface area contributed by atoms with Gasteiger partial charge in [-0.25, -0.2) is 8.78 Å². The first-order valence-electron chi connectivity index (χ1n) is 4.98. The fourth-order valence-electron chi connectivity index (χ4n) is 1.09. The Hall–Kier alpha value is -1.20. The lowest BCUT2D eigenvalue weighted by molar-refractivity contribution is 0.0948. The first-order valence-corrected chi connectivity index (χ1v) is 4.98. The minimum Gasteiger partial charge on any atom is -0.352 e. The molecule has 1 aromatic rings. The van der Waals surface area contributed by atoms with Crippen LogP contribution in [0.25, 0.3) is 0 Å². The van der Waals surface area contributed by atoms with Crippen LogP contribution in [0.1, 0.15) is 17.3 Å². The van der Waals surface area contributed by atoms with Gasteiger partial charge >= 0.3 is 0 Å². The van der Waals surface area contributed by atoms with Gasteiger partial charge < -0.3 is 11.1 Å². The molecule has 0 aliphatic rings. The van der Waals surface area contributed by atoms with Crippen molar-refractivity contribution >= 4 is 18.3 Å². The smallest absolute Gasteiger partial charge is 0.251 e. The van der Waals surface area contributed by atoms with Crippen LogP contribution < -0.4 is 11.1 Å². The first kappa shape index (κ1) is 15.8. The SMILES string of the molecule is CC(CN)CNC(=O)c1ccc(F)c(F)c1.Cl. The number of nitrogens with one attached hydrogen (secondary N) is 1. The van der Waals surface area contributed by atoms with Gasteiger partial charge in [-0.3, -0.25) is 4.79 Å². The lowest BCUT2D eigenvalue weighted by Crippen LogP contribution is -2.31. The van der Waals surface area contributed by atoms with Crippen LogP contribution in [0.3, 0.4) is 0 Å². The maximum atomic E-state index is 12.8. The topological polar surface area (TPSA) is 55.1 Å². The Labute approximate surface area is 105 Å². The van der Waals surface area contributed by atoms with Crippen molar-refractivity contribution in [2.45, 2.75) is 6.92 Å². The third-order valence-corrected chi connectivity index (χ3v) is 2.20. The van der Waals surface area contributed by atoms with Crippen molar-refractivity contribution in [1.29, 1.82) is 0 Å². The van der Waals surface area contributed by atoms with Gasteiger partial charge in [0.1, 0.15) is 0 Å². The molecule has 1 atom stereocenters. The summed E-state index contributed by atoms with van der Waals surface area (Å²) < 4.78 is 25.4. The van der Waals surface area contributed by atoms with Crippen molar-refractivity contribution in [3.8, 4) is 0 Å². The quantitative estimate of drug-likeness (QED) is 0.870. The summed E-state index contributed by atoms with van der Waals surface area (Å²) in [6.45, 7) is 2.75. The Morgan fingerprint density at radius 3 is 2.59 bits per heavy atom. The van der Waals surface area contributed by atoms with Gasteiger partial charge in [-0.2, -0.15) is 0 Å². The average molecular weight is 265 g/mol. The van der Waals surface area contributed by atoms with E-state index in [4.69, 9.17) is 5.73 Å². The molecule has 17 heavy (non-hydrogen) atoms. The van der Waals surface area contributed by atoms with E-state index in [1.54, 1.807) is 0 Å². The standard InChI is InChI=1S/C11H14F2N2O.ClH/c1-7(5-14)6-15-11(16)8-2-3-9(12)10(13)4-8;/h2-4,7H,5-6,14H2,1H3,(H,15,16);1H. The van der Waals surface area contributed by atoms with Gasteiger partial charge in [-0.15, -0.1) is 12.4 Å². The maximum absolute atomic E-state index is 12.8. The molecule has 0 heterocycles. The highest BCUT2D eigenvalue weighted by molar-refractivity contribution is 5.94. The van der Waals surface area contributed by atoms with Crippen LogP contribution in [-0.4, -0.2) is 19.0 Å². The number of hydrogen-bond acceptors (Lipinski definition) is 2. The minimum absolute atomic E-state index is 0. The van der Waals surface area contributed by atoms with Crippen LogP contribution in [0.2, 0.25) is 0 Å². The molecule has 6 heteroatoms. The van der Waals surface area contributed by atoms with E-state index in [0.29, 0.717) is 13.1 Å². The van der Waals surface area contributed by atoms with Crippen molar-refractivity contribution in [2.24, 2.45) is 11.7 Å². The molecule has 1 unspecified atom stereocenters. The van der Waals surface area contributed by atoms with E-state index in [1.807, 2.05) is 6.92 Å². The molecule has 0 saturated carbocycles. The summed E-state index contributed by atoms with van der Waals surface area (Å²) in [6, 6.07) is 3.04. The van der Waals surface area contributed by atoms with Gasteiger partial charge in [-0.1, -0.05) is 6.92 Å². The normalized spacial score (nSPS) is 11.5. The van der Waals surface area contributed by atoms with Crippen molar-refractivity contribution < 1.29 is 13.6 Å². The van der Waals surface area contributed by atoms with E-state index in [-0.39, 0.29) is 23.9 Å². The van der Waals surface area contributed by atoms with E-state index >= 15 is 0 Å². The highest BCUT2D eigenvalue weighted by atomic mass is 35.5. The Balaban J connectivity index is 0.00000256. The molecule has 96 valence electrons. The second-order valence-corrected chi connectivity index (χ2v) is 3.68. The Morgan fingerprint density at radius 2 is 2.06 bits per heavy atom. The highest BCUT2D eigenvalue weighted by Gasteiger charge is 2.10. The number of hydrogen-bond donors (Lipinski definition) is 2. The van der Waals surface area contributed by atoms with Crippen LogP contribution in [-0.2, 0) is 0 Å². The molecule has 1 aromatic carbocycles. The Bertz CT molecular complexity index is 388. The lowest BCUT2D eigenvalue weighted by Gasteiger charge is -2.10. The van der Waals surface area contributed by atoms with Gasteiger partial charge in [0.05, 0.1) is 0 Å². The zero-order valence-electron chi connectivity index (χ0n) is 9.37. The zero-order chi connectivity index (χ0) is 12.1. The summed E-state index contributed by atoms with van der Waals surface area (Å²) in [5.74, 6) is -2.28. The Morgan fingerprint density at radius 1 is 1.41 bits per heavy atom. The van der Waals surface area contributed by atoms with Crippen molar-refractivity contribution in [3.05, 3.63) is 35.4 Å². The molecule has 0 spiro atoms. The molecule has 1 rings (SSSR count). The molecule has 0 fully saturated rings. The second kappa shape index (κ2) is 7.19. The van der Waals surface area contributed by atoms with E-state index in [9.17, 15) is 13.6 Å². The molecule has 0 aromatic heterocycles. The molecule has 0 radical (unpaired) electrons. The fraction of sp³-hybridized carbons (Fsp3) is 0.364. The van der Waals surface area contributed by atoms with Crippen molar-refractivity contribution in [1.82, 2.24) is 5.32 Å². The molecule has 1 amide bonds. The third kappa shape index (κ3) is 4.66. The number of carbonyl (C=O) groups is 1. The number of amides is 1. The first-order chi connectivity index (χ1) is 7.54. The zero-order valence-corrected chi connectivity index (χ0v) is 10.2. The number of halogens is 3. The Kier molecular flexibility index (Phi) is 6.68. The molecular weight excluding hydrogens is 250 g/mol. The van der Waals surface area contributed by atoms with Crippen molar-refractivity contribution in [3.63, 3.8) is 0 Å². The monoisotopic (exact) mass is 264 g/mol. The predicted molar refractivity (Wildman–Crippen MR) is 64.2 cm³/mol. The highest BCUT2D eigenvalue weighted by Crippen LogP contribution is 2.08. The predicted octanol–water partition coefficient (Wildman–Crippen LogP) is 1.71. The third-order valence-electron chi connectivity index (χ3n) is 2.20. The van der Waals surface area contributed by atoms with Crippen LogP contribution in [0.4, 0.5) is 8.78 Å². The van der Waals surface area contributed by atoms with Crippen molar-refractivity contribution in [2.75, 3.05) is 13.1 Å². The number of benzene rings is 1. The lowest BCUT2D eigenvalue weighted by atomic mass is 10.1. The fourth-order valence-corrected chi connectivity index (χ4v) is 1.09. The van der Waals surface area contributed by atoms with Crippen LogP contribution in [0, 0.1) is 17.6 Å². The van der Waals surface area contributed by atoms with Gasteiger partial charge in [0, 0.05) is 12.1 Å². The summed E-state index contributed by atoms with van der Waals surface area (Å²) in [5.41, 5.74) is 5.48. The van der Waals surface area contributed by atoms with Crippen LogP contribution in [0.5, 0.6) is 0 Å². The summed E-state index contributed by atoms with van der Waals surface area (Å²) in [6.07, 6.45) is 0. The van der Waals surface area contributed by atoms with E-state index in [0.717, 1.165) is 12.1 Å². The summed E-state index contributed by atoms with van der Waals surface area (Å²) in [4.78, 5) is 11.5. The second-order valence-electron chi connectivity index (χ2n) is 3.68. The van der Waals surface area contributed by atoms with Crippen LogP contribution in [0.15, 0.2) is 18.2 Å². The van der Waals surface area contributed by atoms with E-state index in [1.165, 1.54) is 6.07 Å². The number of nitrogens with two attached hydrogens (primary N) is 1. The van der Waals surface area contributed by atoms with Gasteiger partial charge in [0.2, 0.25) is 0 Å². The summed E-state index contributed by atoms with van der Waals surface area (Å²) >= 11 is 0. The van der Waals surface area contributed by atoms with Gasteiger partial charge in [0.25, 0.3) is 5.91 Å². The molecule has 3 N–H and O–H groups in total. The van der Waals surface area contributed by atoms with E-state index in [2.05, 4.69) is 5.32 Å². The number of carbonyl (C=O) groups excluding carboxylic acids is 1. The largest absolute Gasteiger partial charge is 0.352 e. The molecule has 0 bridgehead atoms. The molecule has 3 nitrogen and oxygen atoms in total. The van der Waals surface area contributed by atoms with Gasteiger partial charge in [0.15, 0.2) is 11.6 Å². The molecule has 0 aliphatic carbocycles. The minimum atomic E-state index is -1.03. The molecule has 0 aliphatic heterocycles. The number of rotatable bonds is 4.